The van der Waals surface area contributed by atoms with Crippen LogP contribution in [-0.4, -0.2) is 6.61 Å². The van der Waals surface area contributed by atoms with Crippen LogP contribution in [0.3, 0.4) is 0 Å². The lowest BCUT2D eigenvalue weighted by Crippen LogP contribution is -2.03. The van der Waals surface area contributed by atoms with Crippen molar-refractivity contribution < 1.29 is 4.74 Å². The summed E-state index contributed by atoms with van der Waals surface area (Å²) in [5.74, 6) is 6.52. The first-order valence-corrected chi connectivity index (χ1v) is 5.60. The molecule has 2 aromatic carbocycles. The fourth-order valence-corrected chi connectivity index (χ4v) is 1.85. The molecule has 0 aromatic heterocycles. The summed E-state index contributed by atoms with van der Waals surface area (Å²) in [4.78, 5) is 0. The monoisotopic (exact) mass is 225 g/mol. The maximum absolute atomic E-state index is 5.80. The van der Waals surface area contributed by atoms with Crippen molar-refractivity contribution in [3.05, 3.63) is 42.0 Å². The molecule has 0 atom stereocenters. The minimum Gasteiger partial charge on any atom is -0.481 e. The number of rotatable bonds is 3. The zero-order valence-electron chi connectivity index (χ0n) is 9.86. The first-order chi connectivity index (χ1) is 8.36. The van der Waals surface area contributed by atoms with Crippen LogP contribution in [0.2, 0.25) is 0 Å². The van der Waals surface area contributed by atoms with Crippen LogP contribution in [0.4, 0.5) is 0 Å². The molecule has 0 unspecified atom stereocenters. The van der Waals surface area contributed by atoms with Crippen molar-refractivity contribution in [3.63, 3.8) is 0 Å². The summed E-state index contributed by atoms with van der Waals surface area (Å²) in [6.45, 7) is 2.67. The van der Waals surface area contributed by atoms with E-state index in [4.69, 9.17) is 10.5 Å². The average Bonchev–Trinajstić information content (AvgIpc) is 2.38. The summed E-state index contributed by atoms with van der Waals surface area (Å²) in [5.41, 5.74) is 6.85. The number of fused-ring (bicyclic) bond motifs is 1. The van der Waals surface area contributed by atoms with Crippen LogP contribution in [0, 0.1) is 11.8 Å². The van der Waals surface area contributed by atoms with Crippen LogP contribution >= 0.6 is 0 Å². The molecular formula is C15H15NO. The Kier molecular flexibility index (Phi) is 3.64. The van der Waals surface area contributed by atoms with Gasteiger partial charge in [-0.3, -0.25) is 0 Å². The van der Waals surface area contributed by atoms with Gasteiger partial charge in [0.2, 0.25) is 0 Å². The Morgan fingerprint density at radius 2 is 2.00 bits per heavy atom. The third-order valence-electron chi connectivity index (χ3n) is 2.68. The van der Waals surface area contributed by atoms with E-state index >= 15 is 0 Å². The second-order valence-electron chi connectivity index (χ2n) is 3.68. The van der Waals surface area contributed by atoms with Crippen molar-refractivity contribution in [2.24, 2.45) is 5.73 Å². The van der Waals surface area contributed by atoms with E-state index in [1.54, 1.807) is 6.92 Å². The molecule has 0 heterocycles. The van der Waals surface area contributed by atoms with Crippen LogP contribution in [0.5, 0.6) is 5.75 Å². The zero-order chi connectivity index (χ0) is 12.1. The lowest BCUT2D eigenvalue weighted by atomic mass is 10.0. The maximum Gasteiger partial charge on any atom is 0.149 e. The highest BCUT2D eigenvalue weighted by molar-refractivity contribution is 5.87. The van der Waals surface area contributed by atoms with Gasteiger partial charge in [-0.05, 0) is 23.8 Å². The first kappa shape index (κ1) is 11.5. The lowest BCUT2D eigenvalue weighted by molar-refractivity contribution is 0.367. The van der Waals surface area contributed by atoms with Crippen LogP contribution in [0.25, 0.3) is 10.8 Å². The largest absolute Gasteiger partial charge is 0.481 e. The predicted molar refractivity (Wildman–Crippen MR) is 70.8 cm³/mol. The molecule has 0 aliphatic carbocycles. The molecule has 0 radical (unpaired) electrons. The molecule has 2 nitrogen and oxygen atoms in total. The second kappa shape index (κ2) is 5.38. The summed E-state index contributed by atoms with van der Waals surface area (Å²) in [5, 5.41) is 2.33. The quantitative estimate of drug-likeness (QED) is 0.815. The number of benzene rings is 2. The number of hydrogen-bond acceptors (Lipinski definition) is 2. The zero-order valence-corrected chi connectivity index (χ0v) is 9.86. The van der Waals surface area contributed by atoms with Crippen molar-refractivity contribution in [2.75, 3.05) is 6.61 Å². The van der Waals surface area contributed by atoms with Gasteiger partial charge in [-0.15, -0.1) is 5.92 Å². The Labute approximate surface area is 101 Å². The Morgan fingerprint density at radius 3 is 2.76 bits per heavy atom. The minimum absolute atomic E-state index is 0.405. The molecule has 0 saturated carbocycles. The molecule has 2 N–H and O–H groups in total. The van der Waals surface area contributed by atoms with E-state index in [2.05, 4.69) is 24.0 Å². The molecule has 86 valence electrons. The van der Waals surface area contributed by atoms with Gasteiger partial charge < -0.3 is 10.5 Å². The van der Waals surface area contributed by atoms with Gasteiger partial charge in [0, 0.05) is 12.1 Å². The smallest absolute Gasteiger partial charge is 0.149 e. The molecule has 0 bridgehead atoms. The molecular weight excluding hydrogens is 210 g/mol. The van der Waals surface area contributed by atoms with Gasteiger partial charge >= 0.3 is 0 Å². The van der Waals surface area contributed by atoms with Gasteiger partial charge in [0.15, 0.2) is 0 Å². The molecule has 2 heteroatoms. The molecule has 0 aliphatic rings. The van der Waals surface area contributed by atoms with E-state index in [1.807, 2.05) is 24.3 Å². The molecule has 17 heavy (non-hydrogen) atoms. The van der Waals surface area contributed by atoms with Gasteiger partial charge in [0.25, 0.3) is 0 Å². The molecule has 2 aromatic rings. The summed E-state index contributed by atoms with van der Waals surface area (Å²) in [6.07, 6.45) is 0. The fourth-order valence-electron chi connectivity index (χ4n) is 1.85. The van der Waals surface area contributed by atoms with Crippen molar-refractivity contribution >= 4 is 10.8 Å². The number of ether oxygens (including phenoxy) is 1. The first-order valence-electron chi connectivity index (χ1n) is 5.60. The second-order valence-corrected chi connectivity index (χ2v) is 3.68. The summed E-state index contributed by atoms with van der Waals surface area (Å²) in [6, 6.07) is 12.2. The molecule has 0 saturated heterocycles. The number of nitrogens with two attached hydrogens (primary N) is 1. The summed E-state index contributed by atoms with van der Waals surface area (Å²) < 4.78 is 5.62. The van der Waals surface area contributed by atoms with E-state index in [1.165, 1.54) is 5.39 Å². The van der Waals surface area contributed by atoms with Gasteiger partial charge in [0.05, 0.1) is 0 Å². The number of hydrogen-bond donors (Lipinski definition) is 1. The Hall–Kier alpha value is -1.98. The van der Waals surface area contributed by atoms with E-state index in [0.29, 0.717) is 13.2 Å². The van der Waals surface area contributed by atoms with Crippen molar-refractivity contribution in [1.29, 1.82) is 0 Å². The molecule has 0 spiro atoms. The lowest BCUT2D eigenvalue weighted by Gasteiger charge is -2.11. The third-order valence-corrected chi connectivity index (χ3v) is 2.68. The third kappa shape index (κ3) is 2.41. The molecule has 0 amide bonds. The van der Waals surface area contributed by atoms with Gasteiger partial charge in [-0.2, -0.15) is 0 Å². The summed E-state index contributed by atoms with van der Waals surface area (Å²) >= 11 is 0. The van der Waals surface area contributed by atoms with Gasteiger partial charge in [0.1, 0.15) is 12.4 Å². The summed E-state index contributed by atoms with van der Waals surface area (Å²) in [7, 11) is 0. The topological polar surface area (TPSA) is 35.2 Å². The Morgan fingerprint density at radius 1 is 1.18 bits per heavy atom. The highest BCUT2D eigenvalue weighted by atomic mass is 16.5. The van der Waals surface area contributed by atoms with Crippen molar-refractivity contribution in [3.8, 4) is 17.6 Å². The highest BCUT2D eigenvalue weighted by Gasteiger charge is 2.06. The van der Waals surface area contributed by atoms with Crippen LogP contribution < -0.4 is 10.5 Å². The van der Waals surface area contributed by atoms with E-state index in [0.717, 1.165) is 16.7 Å². The maximum atomic E-state index is 5.80. The van der Waals surface area contributed by atoms with Crippen LogP contribution in [-0.2, 0) is 6.54 Å². The minimum atomic E-state index is 0.405. The van der Waals surface area contributed by atoms with Crippen molar-refractivity contribution in [1.82, 2.24) is 0 Å². The highest BCUT2D eigenvalue weighted by Crippen LogP contribution is 2.27. The van der Waals surface area contributed by atoms with Gasteiger partial charge in [-0.1, -0.05) is 36.3 Å². The van der Waals surface area contributed by atoms with Crippen molar-refractivity contribution in [2.45, 2.75) is 13.5 Å². The molecule has 0 aliphatic heterocycles. The standard InChI is InChI=1S/C15H15NO/c1-2-3-10-17-15-9-8-12-6-4-5-7-13(12)14(15)11-16/h4-9H,10-11,16H2,1H3. The van der Waals surface area contributed by atoms with E-state index in [-0.39, 0.29) is 0 Å². The predicted octanol–water partition coefficient (Wildman–Crippen LogP) is 2.70. The van der Waals surface area contributed by atoms with E-state index in [9.17, 15) is 0 Å². The SMILES string of the molecule is CC#CCOc1ccc2ccccc2c1CN. The van der Waals surface area contributed by atoms with Gasteiger partial charge in [-0.25, -0.2) is 0 Å². The fraction of sp³-hybridized carbons (Fsp3) is 0.200. The van der Waals surface area contributed by atoms with E-state index < -0.39 is 0 Å². The Balaban J connectivity index is 2.44. The van der Waals surface area contributed by atoms with Crippen LogP contribution in [0.1, 0.15) is 12.5 Å². The average molecular weight is 225 g/mol. The Bertz CT molecular complexity index is 578. The van der Waals surface area contributed by atoms with Crippen LogP contribution in [0.15, 0.2) is 36.4 Å². The molecule has 0 fully saturated rings. The molecule has 2 rings (SSSR count). The normalized spacial score (nSPS) is 9.76.